The van der Waals surface area contributed by atoms with Gasteiger partial charge in [0.2, 0.25) is 0 Å². The molecule has 1 aromatic rings. The van der Waals surface area contributed by atoms with E-state index in [1.807, 2.05) is 67.8 Å². The summed E-state index contributed by atoms with van der Waals surface area (Å²) in [4.78, 5) is 10.4. The summed E-state index contributed by atoms with van der Waals surface area (Å²) in [5.74, 6) is -1.18. The number of hydrogen-bond donors (Lipinski definition) is 1. The number of carbonyl (C=O) groups is 1. The van der Waals surface area contributed by atoms with E-state index in [1.54, 1.807) is 22.6 Å². The van der Waals surface area contributed by atoms with Gasteiger partial charge in [0.25, 0.3) is 0 Å². The summed E-state index contributed by atoms with van der Waals surface area (Å²) in [7, 11) is -4.71. The predicted octanol–water partition coefficient (Wildman–Crippen LogP) is 2.64. The van der Waals surface area contributed by atoms with Gasteiger partial charge < -0.3 is 9.66 Å². The van der Waals surface area contributed by atoms with Gasteiger partial charge in [0.1, 0.15) is 10.1 Å². The van der Waals surface area contributed by atoms with Crippen molar-refractivity contribution in [3.8, 4) is 0 Å². The lowest BCUT2D eigenvalue weighted by Crippen LogP contribution is -2.14. The number of halogens is 4. The number of carboxylic acids is 1. The summed E-state index contributed by atoms with van der Waals surface area (Å²) in [6.07, 6.45) is -0.488. The van der Waals surface area contributed by atoms with E-state index in [0.29, 0.717) is 7.14 Å². The van der Waals surface area contributed by atoms with E-state index in [2.05, 4.69) is 0 Å². The number of hydrogen-bond acceptors (Lipinski definition) is 4. The molecule has 0 atom stereocenters. The molecular weight excluding hydrogens is 716 g/mol. The van der Waals surface area contributed by atoms with E-state index in [9.17, 15) is 17.8 Å². The van der Waals surface area contributed by atoms with Gasteiger partial charge >= 0.3 is 5.97 Å². The highest BCUT2D eigenvalue weighted by atomic mass is 127. The fourth-order valence-electron chi connectivity index (χ4n) is 1.23. The van der Waals surface area contributed by atoms with Crippen LogP contribution in [0, 0.1) is 14.3 Å². The Hall–Kier alpha value is 1.52. The van der Waals surface area contributed by atoms with Gasteiger partial charge in [-0.3, -0.25) is 4.79 Å². The second-order valence-electron chi connectivity index (χ2n) is 3.09. The van der Waals surface area contributed by atoms with Crippen molar-refractivity contribution in [3.05, 3.63) is 19.8 Å². The normalized spacial score (nSPS) is 11.6. The molecule has 0 unspecified atom stereocenters. The first-order valence-electron chi connectivity index (χ1n) is 4.09. The van der Waals surface area contributed by atoms with Gasteiger partial charge in [0, 0.05) is 14.3 Å². The molecule has 0 saturated heterocycles. The minimum Gasteiger partial charge on any atom is -0.744 e. The molecule has 0 aliphatic heterocycles. The van der Waals surface area contributed by atoms with E-state index in [-0.39, 0.29) is 9.13 Å². The Labute approximate surface area is 158 Å². The second-order valence-corrected chi connectivity index (χ2v) is 8.72. The number of carboxylic acid groups (broad SMARTS) is 1. The lowest BCUT2D eigenvalue weighted by molar-refractivity contribution is -0.136. The van der Waals surface area contributed by atoms with Gasteiger partial charge in [-0.15, -0.1) is 0 Å². The average molecular weight is 719 g/mol. The molecule has 0 bridgehead atoms. The maximum absolute atomic E-state index is 11.3. The lowest BCUT2D eigenvalue weighted by Gasteiger charge is -2.18. The summed E-state index contributed by atoms with van der Waals surface area (Å²) in [6.45, 7) is 0. The largest absolute Gasteiger partial charge is 0.744 e. The molecule has 1 aromatic carbocycles. The Morgan fingerprint density at radius 2 is 1.50 bits per heavy atom. The van der Waals surface area contributed by atoms with Crippen LogP contribution in [-0.2, 0) is 21.3 Å². The Bertz CT molecular complexity index is 625. The standard InChI is InChI=1S/C8H4I4O5S/c9-4-2(1-3(13)14)8(18(15,16)17)7(12)6(11)5(4)10/h1H2,(H,13,14)(H,15,16,17)/p-1. The molecule has 0 spiro atoms. The molecule has 0 aliphatic rings. The molecule has 0 saturated carbocycles. The summed E-state index contributed by atoms with van der Waals surface area (Å²) in [5, 5.41) is 8.83. The lowest BCUT2D eigenvalue weighted by atomic mass is 10.1. The van der Waals surface area contributed by atoms with Crippen LogP contribution in [0.15, 0.2) is 4.90 Å². The van der Waals surface area contributed by atoms with Crippen LogP contribution in [-0.4, -0.2) is 24.0 Å². The zero-order valence-corrected chi connectivity index (χ0v) is 17.7. The summed E-state index contributed by atoms with van der Waals surface area (Å²) >= 11 is 7.56. The van der Waals surface area contributed by atoms with Crippen LogP contribution in [0.3, 0.4) is 0 Å². The Morgan fingerprint density at radius 1 is 1.06 bits per heavy atom. The first-order chi connectivity index (χ1) is 8.07. The van der Waals surface area contributed by atoms with Crippen molar-refractivity contribution in [3.63, 3.8) is 0 Å². The Balaban J connectivity index is 3.82. The third kappa shape index (κ3) is 3.79. The first kappa shape index (κ1) is 17.6. The number of rotatable bonds is 3. The molecular formula is C8H3I4O5S-. The molecule has 0 fully saturated rings. The van der Waals surface area contributed by atoms with Crippen LogP contribution in [0.2, 0.25) is 0 Å². The van der Waals surface area contributed by atoms with E-state index < -0.39 is 27.4 Å². The van der Waals surface area contributed by atoms with Crippen LogP contribution in [0.5, 0.6) is 0 Å². The quantitative estimate of drug-likeness (QED) is 0.225. The fraction of sp³-hybridized carbons (Fsp3) is 0.125. The van der Waals surface area contributed by atoms with E-state index >= 15 is 0 Å². The third-order valence-corrected chi connectivity index (χ3v) is 10.7. The minimum absolute atomic E-state index is 0.0623. The third-order valence-electron chi connectivity index (χ3n) is 1.89. The summed E-state index contributed by atoms with van der Waals surface area (Å²) in [5.41, 5.74) is 0.0623. The fourth-order valence-corrected chi connectivity index (χ4v) is 6.69. The van der Waals surface area contributed by atoms with Crippen LogP contribution in [0.4, 0.5) is 0 Å². The predicted molar refractivity (Wildman–Crippen MR) is 96.6 cm³/mol. The zero-order chi connectivity index (χ0) is 14.2. The first-order valence-corrected chi connectivity index (χ1v) is 9.82. The Morgan fingerprint density at radius 3 is 1.89 bits per heavy atom. The van der Waals surface area contributed by atoms with Gasteiger partial charge in [-0.05, 0) is 95.9 Å². The zero-order valence-electron chi connectivity index (χ0n) is 8.21. The maximum Gasteiger partial charge on any atom is 0.307 e. The van der Waals surface area contributed by atoms with E-state index in [0.717, 1.165) is 3.57 Å². The van der Waals surface area contributed by atoms with Crippen molar-refractivity contribution in [2.45, 2.75) is 11.3 Å². The molecule has 0 heterocycles. The molecule has 1 N–H and O–H groups in total. The average Bonchev–Trinajstić information content (AvgIpc) is 2.20. The monoisotopic (exact) mass is 719 g/mol. The second kappa shape index (κ2) is 6.52. The van der Waals surface area contributed by atoms with Gasteiger partial charge in [-0.1, -0.05) is 0 Å². The van der Waals surface area contributed by atoms with Gasteiger partial charge in [0.15, 0.2) is 0 Å². The molecule has 1 rings (SSSR count). The van der Waals surface area contributed by atoms with Crippen molar-refractivity contribution in [2.24, 2.45) is 0 Å². The van der Waals surface area contributed by atoms with Crippen molar-refractivity contribution >= 4 is 106 Å². The molecule has 100 valence electrons. The molecule has 10 heteroatoms. The highest BCUT2D eigenvalue weighted by Crippen LogP contribution is 2.35. The summed E-state index contributed by atoms with van der Waals surface area (Å²) in [6, 6.07) is 0. The molecule has 5 nitrogen and oxygen atoms in total. The van der Waals surface area contributed by atoms with E-state index in [1.165, 1.54) is 0 Å². The van der Waals surface area contributed by atoms with Gasteiger partial charge in [-0.25, -0.2) is 8.42 Å². The van der Waals surface area contributed by atoms with Gasteiger partial charge in [0.05, 0.1) is 11.3 Å². The maximum atomic E-state index is 11.3. The van der Waals surface area contributed by atoms with Crippen LogP contribution >= 0.6 is 90.4 Å². The Kier molecular flexibility index (Phi) is 6.37. The SMILES string of the molecule is O=C(O)Cc1c(I)c(I)c(I)c(I)c1S(=O)(=O)[O-]. The number of aliphatic carboxylic acids is 1. The van der Waals surface area contributed by atoms with Crippen LogP contribution in [0.25, 0.3) is 0 Å². The highest BCUT2D eigenvalue weighted by molar-refractivity contribution is 14.1. The highest BCUT2D eigenvalue weighted by Gasteiger charge is 2.24. The van der Waals surface area contributed by atoms with Crippen LogP contribution in [0.1, 0.15) is 5.56 Å². The van der Waals surface area contributed by atoms with Gasteiger partial charge in [-0.2, -0.15) is 0 Å². The van der Waals surface area contributed by atoms with E-state index in [4.69, 9.17) is 5.11 Å². The van der Waals surface area contributed by atoms with Crippen molar-refractivity contribution in [1.82, 2.24) is 0 Å². The topological polar surface area (TPSA) is 94.5 Å². The summed E-state index contributed by atoms with van der Waals surface area (Å²) < 4.78 is 36.1. The van der Waals surface area contributed by atoms with Crippen LogP contribution < -0.4 is 0 Å². The van der Waals surface area contributed by atoms with Crippen molar-refractivity contribution < 1.29 is 22.9 Å². The molecule has 0 aromatic heterocycles. The smallest absolute Gasteiger partial charge is 0.307 e. The molecule has 18 heavy (non-hydrogen) atoms. The minimum atomic E-state index is -4.71. The molecule has 0 radical (unpaired) electrons. The van der Waals surface area contributed by atoms with Crippen molar-refractivity contribution in [1.29, 1.82) is 0 Å². The molecule has 0 aliphatic carbocycles. The number of benzene rings is 1. The molecule has 0 amide bonds. The van der Waals surface area contributed by atoms with Crippen molar-refractivity contribution in [2.75, 3.05) is 0 Å².